The molecule has 2 amide bonds. The molecule has 5 rings (SSSR count). The largest absolute Gasteiger partial charge is 0.497 e. The van der Waals surface area contributed by atoms with Crippen molar-refractivity contribution in [2.75, 3.05) is 84.3 Å². The second-order valence-electron chi connectivity index (χ2n) is 12.4. The summed E-state index contributed by atoms with van der Waals surface area (Å²) in [7, 11) is -1.16. The van der Waals surface area contributed by atoms with Crippen LogP contribution in [0.4, 0.5) is 11.4 Å². The molecule has 1 aliphatic rings. The highest BCUT2D eigenvalue weighted by Gasteiger charge is 2.26. The van der Waals surface area contributed by atoms with E-state index in [0.29, 0.717) is 44.2 Å². The van der Waals surface area contributed by atoms with E-state index in [2.05, 4.69) is 24.7 Å². The summed E-state index contributed by atoms with van der Waals surface area (Å²) in [4.78, 5) is 37.2. The average Bonchev–Trinajstić information content (AvgIpc) is 3.20. The number of benzene rings is 2. The Morgan fingerprint density at radius 3 is 2.00 bits per heavy atom. The van der Waals surface area contributed by atoms with E-state index in [9.17, 15) is 26.4 Å². The molecule has 0 bridgehead atoms. The van der Waals surface area contributed by atoms with Crippen LogP contribution in [0, 0.1) is 0 Å². The monoisotopic (exact) mass is 813 g/mol. The first-order valence-corrected chi connectivity index (χ1v) is 20.0. The van der Waals surface area contributed by atoms with Crippen molar-refractivity contribution in [1.82, 2.24) is 25.1 Å². The van der Waals surface area contributed by atoms with Crippen molar-refractivity contribution < 1.29 is 50.1 Å². The molecule has 1 aliphatic heterocycles. The van der Waals surface area contributed by atoms with E-state index in [4.69, 9.17) is 23.7 Å². The first-order valence-electron chi connectivity index (χ1n) is 17.0. The van der Waals surface area contributed by atoms with Crippen molar-refractivity contribution in [1.29, 1.82) is 0 Å². The molecule has 4 aromatic rings. The fourth-order valence-corrected chi connectivity index (χ4v) is 8.21. The summed E-state index contributed by atoms with van der Waals surface area (Å²) < 4.78 is 85.6. The van der Waals surface area contributed by atoms with E-state index in [0.717, 1.165) is 0 Å². The van der Waals surface area contributed by atoms with E-state index in [1.54, 1.807) is 24.1 Å². The summed E-state index contributed by atoms with van der Waals surface area (Å²) in [5.41, 5.74) is 0.938. The minimum Gasteiger partial charge on any atom is -0.497 e. The molecule has 3 N–H and O–H groups in total. The predicted octanol–water partition coefficient (Wildman–Crippen LogP) is 2.45. The highest BCUT2D eigenvalue weighted by molar-refractivity contribution is 7.93. The van der Waals surface area contributed by atoms with Crippen LogP contribution in [0.1, 0.15) is 26.3 Å². The molecular weight excluding hydrogens is 771 g/mol. The highest BCUT2D eigenvalue weighted by atomic mass is 32.2. The van der Waals surface area contributed by atoms with E-state index >= 15 is 0 Å². The van der Waals surface area contributed by atoms with Crippen molar-refractivity contribution in [3.63, 3.8) is 0 Å². The number of nitrogens with zero attached hydrogens (tertiary/aromatic N) is 4. The Morgan fingerprint density at radius 2 is 1.38 bits per heavy atom. The Labute approximate surface area is 325 Å². The van der Waals surface area contributed by atoms with Gasteiger partial charge < -0.3 is 38.8 Å². The summed E-state index contributed by atoms with van der Waals surface area (Å²) in [5.74, 6) is -0.0623. The maximum atomic E-state index is 13.8. The number of ether oxygens (including phenoxy) is 5. The van der Waals surface area contributed by atoms with Gasteiger partial charge in [0.1, 0.15) is 32.8 Å². The van der Waals surface area contributed by atoms with Gasteiger partial charge in [0.25, 0.3) is 31.9 Å². The molecular formula is C36H43N7O11S2. The number of carbonyl (C=O) groups excluding carboxylic acids is 2. The molecule has 0 unspecified atom stereocenters. The van der Waals surface area contributed by atoms with Gasteiger partial charge in [-0.1, -0.05) is 0 Å². The van der Waals surface area contributed by atoms with Gasteiger partial charge in [0.15, 0.2) is 0 Å². The molecule has 300 valence electrons. The second kappa shape index (κ2) is 18.3. The van der Waals surface area contributed by atoms with Crippen molar-refractivity contribution in [2.24, 2.45) is 0 Å². The van der Waals surface area contributed by atoms with Gasteiger partial charge in [-0.05, 0) is 37.4 Å². The zero-order chi connectivity index (χ0) is 40.5. The number of carbonyl (C=O) groups is 2. The van der Waals surface area contributed by atoms with Gasteiger partial charge in [0.05, 0.1) is 76.5 Å². The van der Waals surface area contributed by atoms with Gasteiger partial charge in [-0.2, -0.15) is 0 Å². The Morgan fingerprint density at radius 1 is 0.768 bits per heavy atom. The Kier molecular flexibility index (Phi) is 13.5. The third kappa shape index (κ3) is 10.1. The fourth-order valence-electron chi connectivity index (χ4n) is 5.73. The first kappa shape index (κ1) is 41.5. The molecule has 18 nitrogen and oxygen atoms in total. The molecule has 1 saturated heterocycles. The third-order valence-corrected chi connectivity index (χ3v) is 11.3. The van der Waals surface area contributed by atoms with Crippen molar-refractivity contribution in [2.45, 2.75) is 16.3 Å². The summed E-state index contributed by atoms with van der Waals surface area (Å²) in [6, 6.07) is 10.1. The van der Waals surface area contributed by atoms with E-state index in [1.807, 2.05) is 4.90 Å². The van der Waals surface area contributed by atoms with Crippen LogP contribution >= 0.6 is 0 Å². The minimum atomic E-state index is -4.29. The highest BCUT2D eigenvalue weighted by Crippen LogP contribution is 2.35. The number of hydrogen-bond donors (Lipinski definition) is 3. The summed E-state index contributed by atoms with van der Waals surface area (Å²) in [6.45, 7) is 2.33. The number of anilines is 2. The molecule has 2 aromatic heterocycles. The molecule has 20 heteroatoms. The van der Waals surface area contributed by atoms with Crippen LogP contribution in [-0.2, 0) is 31.3 Å². The molecule has 1 fully saturated rings. The minimum absolute atomic E-state index is 0.0513. The van der Waals surface area contributed by atoms with Gasteiger partial charge in [-0.25, -0.2) is 16.8 Å². The van der Waals surface area contributed by atoms with Gasteiger partial charge in [-0.15, -0.1) is 0 Å². The Bertz CT molecular complexity index is 2270. The standard InChI is InChI=1S/C36H43N7O11S2/c1-42(9-8-39-35(44)24-14-27(21-37-19-24)40-55(46,47)32-17-29(50-2)6-7-31(32)52-4)23-26-16-30(51-3)18-33(34(26)53-5)56(48,49)41-28-15-25(20-38-22-28)36(45)43-10-12-54-13-11-43/h6-7,14-22,40-41H,8-13,23H2,1-5H3,(H,39,44). The van der Waals surface area contributed by atoms with Gasteiger partial charge in [0, 0.05) is 62.8 Å². The molecule has 0 aliphatic carbocycles. The topological polar surface area (TPSA) is 217 Å². The SMILES string of the molecule is COc1ccc(OC)c(S(=O)(=O)Nc2cncc(C(=O)NCCN(C)Cc3cc(OC)cc(S(=O)(=O)Nc4cncc(C(=O)N5CCOCC5)c4)c3OC)c2)c1. The van der Waals surface area contributed by atoms with Crippen LogP contribution in [0.5, 0.6) is 23.0 Å². The number of rotatable bonds is 17. The van der Waals surface area contributed by atoms with Crippen LogP contribution in [0.2, 0.25) is 0 Å². The number of morpholine rings is 1. The van der Waals surface area contributed by atoms with Gasteiger partial charge >= 0.3 is 0 Å². The zero-order valence-corrected chi connectivity index (χ0v) is 33.0. The number of methoxy groups -OCH3 is 4. The van der Waals surface area contributed by atoms with Crippen molar-refractivity contribution >= 4 is 43.2 Å². The van der Waals surface area contributed by atoms with E-state index < -0.39 is 26.0 Å². The Balaban J connectivity index is 1.24. The van der Waals surface area contributed by atoms with Crippen LogP contribution in [0.15, 0.2) is 77.0 Å². The van der Waals surface area contributed by atoms with Crippen molar-refractivity contribution in [3.8, 4) is 23.0 Å². The van der Waals surface area contributed by atoms with Gasteiger partial charge in [0.2, 0.25) is 0 Å². The normalized spacial score (nSPS) is 13.1. The molecule has 0 radical (unpaired) electrons. The number of likely N-dealkylation sites (N-methyl/N-ethyl adjacent to an activating group) is 1. The van der Waals surface area contributed by atoms with Gasteiger partial charge in [-0.3, -0.25) is 29.0 Å². The number of amides is 2. The first-order chi connectivity index (χ1) is 26.8. The maximum absolute atomic E-state index is 13.8. The molecule has 0 saturated carbocycles. The van der Waals surface area contributed by atoms with Crippen molar-refractivity contribution in [3.05, 3.63) is 83.9 Å². The zero-order valence-electron chi connectivity index (χ0n) is 31.4. The summed E-state index contributed by atoms with van der Waals surface area (Å²) in [5, 5.41) is 2.78. The maximum Gasteiger partial charge on any atom is 0.265 e. The summed E-state index contributed by atoms with van der Waals surface area (Å²) in [6.07, 6.45) is 5.24. The number of pyridine rings is 2. The number of aromatic nitrogens is 2. The summed E-state index contributed by atoms with van der Waals surface area (Å²) >= 11 is 0. The van der Waals surface area contributed by atoms with Crippen LogP contribution < -0.4 is 33.7 Å². The van der Waals surface area contributed by atoms with E-state index in [-0.39, 0.29) is 68.5 Å². The number of hydrogen-bond acceptors (Lipinski definition) is 14. The predicted molar refractivity (Wildman–Crippen MR) is 205 cm³/mol. The quantitative estimate of drug-likeness (QED) is 0.140. The smallest absolute Gasteiger partial charge is 0.265 e. The average molecular weight is 814 g/mol. The fraction of sp³-hybridized carbons (Fsp3) is 0.333. The van der Waals surface area contributed by atoms with Crippen LogP contribution in [0.3, 0.4) is 0 Å². The van der Waals surface area contributed by atoms with Crippen LogP contribution in [-0.4, -0.2) is 123 Å². The number of sulfonamides is 2. The third-order valence-electron chi connectivity index (χ3n) is 8.50. The van der Waals surface area contributed by atoms with Crippen LogP contribution in [0.25, 0.3) is 0 Å². The molecule has 56 heavy (non-hydrogen) atoms. The lowest BCUT2D eigenvalue weighted by Crippen LogP contribution is -2.40. The Hall–Kier alpha value is -5.70. The molecule has 3 heterocycles. The molecule has 0 spiro atoms. The second-order valence-corrected chi connectivity index (χ2v) is 15.7. The number of nitrogens with one attached hydrogen (secondary N) is 3. The lowest BCUT2D eigenvalue weighted by molar-refractivity contribution is 0.0302. The molecule has 0 atom stereocenters. The lowest BCUT2D eigenvalue weighted by atomic mass is 10.1. The lowest BCUT2D eigenvalue weighted by Gasteiger charge is -2.26. The molecule has 2 aromatic carbocycles. The van der Waals surface area contributed by atoms with E-state index in [1.165, 1.54) is 83.6 Å².